The number of nitro groups is 1. The molecule has 160 valence electrons. The first-order chi connectivity index (χ1) is 14.8. The van der Waals surface area contributed by atoms with Crippen LogP contribution in [0.2, 0.25) is 0 Å². The third kappa shape index (κ3) is 4.74. The van der Waals surface area contributed by atoms with Gasteiger partial charge < -0.3 is 10.2 Å². The van der Waals surface area contributed by atoms with Crippen molar-refractivity contribution in [3.05, 3.63) is 74.8 Å². The quantitative estimate of drug-likeness (QED) is 0.459. The van der Waals surface area contributed by atoms with Gasteiger partial charge in [-0.1, -0.05) is 0 Å². The number of nitrogens with one attached hydrogen (secondary N) is 1. The second-order valence-corrected chi connectivity index (χ2v) is 6.74. The first-order valence-corrected chi connectivity index (χ1v) is 9.66. The highest BCUT2D eigenvalue weighted by atomic mass is 16.6. The summed E-state index contributed by atoms with van der Waals surface area (Å²) in [5.74, 6) is -0.537. The molecule has 1 aromatic heterocycles. The topological polar surface area (TPSA) is 127 Å². The van der Waals surface area contributed by atoms with Gasteiger partial charge in [0.05, 0.1) is 22.2 Å². The molecular weight excluding hydrogens is 402 g/mol. The van der Waals surface area contributed by atoms with E-state index in [-0.39, 0.29) is 29.0 Å². The Morgan fingerprint density at radius 1 is 1.13 bits per heavy atom. The largest absolute Gasteiger partial charge is 0.339 e. The molecule has 31 heavy (non-hydrogen) atoms. The molecular formula is C21H21N5O5. The number of carbonyl (C=O) groups excluding carboxylic acids is 2. The van der Waals surface area contributed by atoms with E-state index in [0.717, 1.165) is 4.57 Å². The fourth-order valence-corrected chi connectivity index (χ4v) is 3.12. The third-order valence-electron chi connectivity index (χ3n) is 4.80. The summed E-state index contributed by atoms with van der Waals surface area (Å²) < 4.78 is 1.13. The highest BCUT2D eigenvalue weighted by Crippen LogP contribution is 2.16. The molecule has 0 saturated heterocycles. The number of non-ortho nitro benzene ring substituents is 1. The molecule has 2 aromatic carbocycles. The Morgan fingerprint density at radius 2 is 1.81 bits per heavy atom. The zero-order valence-corrected chi connectivity index (χ0v) is 17.1. The first kappa shape index (κ1) is 21.6. The molecule has 0 spiro atoms. The molecule has 3 rings (SSSR count). The van der Waals surface area contributed by atoms with Gasteiger partial charge in [-0.3, -0.25) is 29.1 Å². The summed E-state index contributed by atoms with van der Waals surface area (Å²) in [6.07, 6.45) is 1.18. The molecule has 0 aliphatic carbocycles. The number of nitro benzene ring substituents is 1. The number of aromatic nitrogens is 2. The number of carbonyl (C=O) groups is 2. The standard InChI is InChI=1S/C21H21N5O5/c1-3-24(4-2)20(28)14-5-7-15(8-6-14)23-19(27)12-25-13-22-18-11-16(26(30)31)9-10-17(18)21(25)29/h5-11,13H,3-4,12H2,1-2H3,(H,23,27). The van der Waals surface area contributed by atoms with Gasteiger partial charge in [-0.15, -0.1) is 0 Å². The summed E-state index contributed by atoms with van der Waals surface area (Å²) in [5.41, 5.74) is 0.543. The first-order valence-electron chi connectivity index (χ1n) is 9.66. The van der Waals surface area contributed by atoms with Crippen LogP contribution in [0.4, 0.5) is 11.4 Å². The maximum atomic E-state index is 12.6. The monoisotopic (exact) mass is 423 g/mol. The van der Waals surface area contributed by atoms with Gasteiger partial charge in [0, 0.05) is 36.5 Å². The number of benzene rings is 2. The lowest BCUT2D eigenvalue weighted by Crippen LogP contribution is -2.30. The van der Waals surface area contributed by atoms with Crippen LogP contribution in [0.25, 0.3) is 10.9 Å². The highest BCUT2D eigenvalue weighted by molar-refractivity contribution is 5.95. The van der Waals surface area contributed by atoms with E-state index in [1.165, 1.54) is 24.5 Å². The Morgan fingerprint density at radius 3 is 2.42 bits per heavy atom. The van der Waals surface area contributed by atoms with Gasteiger partial charge in [-0.2, -0.15) is 0 Å². The fourth-order valence-electron chi connectivity index (χ4n) is 3.12. The van der Waals surface area contributed by atoms with Crippen molar-refractivity contribution in [1.29, 1.82) is 0 Å². The summed E-state index contributed by atoms with van der Waals surface area (Å²) in [4.78, 5) is 53.3. The zero-order chi connectivity index (χ0) is 22.5. The molecule has 0 aliphatic rings. The number of hydrogen-bond donors (Lipinski definition) is 1. The van der Waals surface area contributed by atoms with Crippen molar-refractivity contribution in [2.75, 3.05) is 18.4 Å². The van der Waals surface area contributed by atoms with Crippen LogP contribution in [-0.4, -0.2) is 44.3 Å². The van der Waals surface area contributed by atoms with E-state index < -0.39 is 16.4 Å². The lowest BCUT2D eigenvalue weighted by Gasteiger charge is -2.18. The molecule has 3 aromatic rings. The van der Waals surface area contributed by atoms with Crippen LogP contribution in [0.15, 0.2) is 53.6 Å². The summed E-state index contributed by atoms with van der Waals surface area (Å²) in [7, 11) is 0. The molecule has 0 unspecified atom stereocenters. The maximum absolute atomic E-state index is 12.6. The summed E-state index contributed by atoms with van der Waals surface area (Å²) in [6.45, 7) is 4.74. The van der Waals surface area contributed by atoms with Crippen molar-refractivity contribution < 1.29 is 14.5 Å². The Bertz CT molecular complexity index is 1200. The molecule has 1 heterocycles. The van der Waals surface area contributed by atoms with Gasteiger partial charge in [0.25, 0.3) is 17.2 Å². The van der Waals surface area contributed by atoms with E-state index >= 15 is 0 Å². The molecule has 0 fully saturated rings. The van der Waals surface area contributed by atoms with E-state index in [1.54, 1.807) is 29.2 Å². The van der Waals surface area contributed by atoms with Crippen molar-refractivity contribution in [3.8, 4) is 0 Å². The summed E-state index contributed by atoms with van der Waals surface area (Å²) >= 11 is 0. The minimum absolute atomic E-state index is 0.0862. The van der Waals surface area contributed by atoms with Crippen LogP contribution in [0.3, 0.4) is 0 Å². The van der Waals surface area contributed by atoms with Crippen LogP contribution in [0, 0.1) is 10.1 Å². The van der Waals surface area contributed by atoms with Gasteiger partial charge in [0.15, 0.2) is 0 Å². The molecule has 10 nitrogen and oxygen atoms in total. The van der Waals surface area contributed by atoms with Crippen molar-refractivity contribution in [2.45, 2.75) is 20.4 Å². The van der Waals surface area contributed by atoms with E-state index in [9.17, 15) is 24.5 Å². The minimum atomic E-state index is -0.568. The van der Waals surface area contributed by atoms with Gasteiger partial charge in [0.1, 0.15) is 6.54 Å². The smallest absolute Gasteiger partial charge is 0.271 e. The predicted molar refractivity (Wildman–Crippen MR) is 115 cm³/mol. The fraction of sp³-hybridized carbons (Fsp3) is 0.238. The lowest BCUT2D eigenvalue weighted by molar-refractivity contribution is -0.384. The molecule has 2 amide bonds. The molecule has 0 atom stereocenters. The van der Waals surface area contributed by atoms with E-state index in [1.807, 2.05) is 13.8 Å². The molecule has 0 bridgehead atoms. The average Bonchev–Trinajstić information content (AvgIpc) is 2.76. The zero-order valence-electron chi connectivity index (χ0n) is 17.1. The molecule has 1 N–H and O–H groups in total. The number of amides is 2. The van der Waals surface area contributed by atoms with Crippen LogP contribution in [0.5, 0.6) is 0 Å². The van der Waals surface area contributed by atoms with E-state index in [2.05, 4.69) is 10.3 Å². The number of anilines is 1. The van der Waals surface area contributed by atoms with E-state index in [4.69, 9.17) is 0 Å². The van der Waals surface area contributed by atoms with Crippen LogP contribution in [0.1, 0.15) is 24.2 Å². The number of nitrogens with zero attached hydrogens (tertiary/aromatic N) is 4. The Kier molecular flexibility index (Phi) is 6.39. The number of fused-ring (bicyclic) bond motifs is 1. The van der Waals surface area contributed by atoms with Crippen molar-refractivity contribution in [3.63, 3.8) is 0 Å². The van der Waals surface area contributed by atoms with Crippen molar-refractivity contribution in [2.24, 2.45) is 0 Å². The maximum Gasteiger partial charge on any atom is 0.271 e. The van der Waals surface area contributed by atoms with Gasteiger partial charge in [0.2, 0.25) is 5.91 Å². The third-order valence-corrected chi connectivity index (χ3v) is 4.80. The molecule has 0 aliphatic heterocycles. The van der Waals surface area contributed by atoms with Crippen LogP contribution in [-0.2, 0) is 11.3 Å². The van der Waals surface area contributed by atoms with Crippen LogP contribution < -0.4 is 10.9 Å². The van der Waals surface area contributed by atoms with Gasteiger partial charge in [-0.05, 0) is 44.2 Å². The van der Waals surface area contributed by atoms with Gasteiger partial charge >= 0.3 is 0 Å². The van der Waals surface area contributed by atoms with Gasteiger partial charge in [-0.25, -0.2) is 4.98 Å². The lowest BCUT2D eigenvalue weighted by atomic mass is 10.1. The van der Waals surface area contributed by atoms with Crippen molar-refractivity contribution >= 4 is 34.1 Å². The molecule has 0 saturated carbocycles. The summed E-state index contributed by atoms with van der Waals surface area (Å²) in [5, 5.41) is 13.7. The highest BCUT2D eigenvalue weighted by Gasteiger charge is 2.14. The predicted octanol–water partition coefficient (Wildman–Crippen LogP) is 2.43. The molecule has 0 radical (unpaired) electrons. The second-order valence-electron chi connectivity index (χ2n) is 6.74. The Labute approximate surface area is 177 Å². The normalized spacial score (nSPS) is 10.6. The van der Waals surface area contributed by atoms with Crippen molar-refractivity contribution in [1.82, 2.24) is 14.5 Å². The molecule has 10 heteroatoms. The average molecular weight is 423 g/mol. The van der Waals surface area contributed by atoms with Crippen LogP contribution >= 0.6 is 0 Å². The Hall–Kier alpha value is -4.08. The number of rotatable bonds is 7. The number of hydrogen-bond acceptors (Lipinski definition) is 6. The van der Waals surface area contributed by atoms with E-state index in [0.29, 0.717) is 24.3 Å². The Balaban J connectivity index is 1.72. The minimum Gasteiger partial charge on any atom is -0.339 e. The summed E-state index contributed by atoms with van der Waals surface area (Å²) in [6, 6.07) is 10.3. The second kappa shape index (κ2) is 9.16. The SMILES string of the molecule is CCN(CC)C(=O)c1ccc(NC(=O)Cn2cnc3cc([N+](=O)[O-])ccc3c2=O)cc1.